The van der Waals surface area contributed by atoms with Crippen LogP contribution in [0.3, 0.4) is 0 Å². The Bertz CT molecular complexity index is 546. The molecule has 0 bridgehead atoms. The van der Waals surface area contributed by atoms with Crippen molar-refractivity contribution in [2.75, 3.05) is 0 Å². The second kappa shape index (κ2) is 4.58. The molecule has 0 unspecified atom stereocenters. The number of halogens is 2. The third kappa shape index (κ3) is 2.14. The van der Waals surface area contributed by atoms with Crippen LogP contribution in [0.5, 0.6) is 0 Å². The van der Waals surface area contributed by atoms with E-state index in [2.05, 4.69) is 0 Å². The highest BCUT2D eigenvalue weighted by Gasteiger charge is 2.09. The lowest BCUT2D eigenvalue weighted by Gasteiger charge is -2.04. The molecule has 0 aliphatic rings. The standard InChI is InChI=1S/C12H8Cl2OS/c1-7-4-11(14)9(5-10(7)13)12-3-2-8(6-15)16-12/h2-6H,1H3. The van der Waals surface area contributed by atoms with Gasteiger partial charge in [0.25, 0.3) is 0 Å². The van der Waals surface area contributed by atoms with E-state index in [1.807, 2.05) is 25.1 Å². The SMILES string of the molecule is Cc1cc(Cl)c(-c2ccc(C=O)s2)cc1Cl. The fourth-order valence-electron chi connectivity index (χ4n) is 1.40. The molecule has 1 nitrogen and oxygen atoms in total. The molecule has 16 heavy (non-hydrogen) atoms. The molecule has 0 aliphatic heterocycles. The molecule has 82 valence electrons. The van der Waals surface area contributed by atoms with Crippen LogP contribution in [0.1, 0.15) is 15.2 Å². The van der Waals surface area contributed by atoms with Gasteiger partial charge < -0.3 is 0 Å². The third-order valence-corrected chi connectivity index (χ3v) is 4.02. The fourth-order valence-corrected chi connectivity index (χ4v) is 2.79. The average Bonchev–Trinajstić information content (AvgIpc) is 2.71. The van der Waals surface area contributed by atoms with Gasteiger partial charge in [0.2, 0.25) is 0 Å². The van der Waals surface area contributed by atoms with Gasteiger partial charge >= 0.3 is 0 Å². The number of benzene rings is 1. The molecule has 0 aliphatic carbocycles. The molecule has 0 saturated carbocycles. The van der Waals surface area contributed by atoms with E-state index in [9.17, 15) is 4.79 Å². The molecule has 1 heterocycles. The summed E-state index contributed by atoms with van der Waals surface area (Å²) in [6.45, 7) is 1.91. The van der Waals surface area contributed by atoms with Crippen molar-refractivity contribution in [1.82, 2.24) is 0 Å². The zero-order valence-electron chi connectivity index (χ0n) is 8.46. The van der Waals surface area contributed by atoms with E-state index in [-0.39, 0.29) is 0 Å². The van der Waals surface area contributed by atoms with Crippen LogP contribution in [0.25, 0.3) is 10.4 Å². The van der Waals surface area contributed by atoms with Gasteiger partial charge in [-0.05, 0) is 36.8 Å². The van der Waals surface area contributed by atoms with Crippen molar-refractivity contribution in [3.05, 3.63) is 44.8 Å². The molecule has 0 amide bonds. The van der Waals surface area contributed by atoms with Crippen molar-refractivity contribution in [3.63, 3.8) is 0 Å². The predicted octanol–water partition coefficient (Wildman–Crippen LogP) is 4.84. The lowest BCUT2D eigenvalue weighted by atomic mass is 10.1. The minimum Gasteiger partial charge on any atom is -0.297 e. The van der Waals surface area contributed by atoms with Crippen molar-refractivity contribution in [2.24, 2.45) is 0 Å². The zero-order chi connectivity index (χ0) is 11.7. The third-order valence-electron chi connectivity index (χ3n) is 2.26. The number of carbonyl (C=O) groups is 1. The van der Waals surface area contributed by atoms with Gasteiger partial charge in [-0.3, -0.25) is 4.79 Å². The van der Waals surface area contributed by atoms with E-state index < -0.39 is 0 Å². The molecular formula is C12H8Cl2OS. The minimum atomic E-state index is 0.654. The topological polar surface area (TPSA) is 17.1 Å². The number of hydrogen-bond donors (Lipinski definition) is 0. The van der Waals surface area contributed by atoms with E-state index in [0.29, 0.717) is 14.9 Å². The number of thiophene rings is 1. The lowest BCUT2D eigenvalue weighted by Crippen LogP contribution is -1.80. The molecule has 0 radical (unpaired) electrons. The van der Waals surface area contributed by atoms with Gasteiger partial charge in [-0.25, -0.2) is 0 Å². The number of carbonyl (C=O) groups excluding carboxylic acids is 1. The summed E-state index contributed by atoms with van der Waals surface area (Å²) in [6.07, 6.45) is 0.831. The normalized spacial score (nSPS) is 10.4. The quantitative estimate of drug-likeness (QED) is 0.714. The van der Waals surface area contributed by atoms with Gasteiger partial charge in [0.1, 0.15) is 0 Å². The molecule has 0 atom stereocenters. The van der Waals surface area contributed by atoms with E-state index in [0.717, 1.165) is 22.3 Å². The number of aryl methyl sites for hydroxylation is 1. The molecule has 2 aromatic rings. The van der Waals surface area contributed by atoms with Crippen LogP contribution in [0.2, 0.25) is 10.0 Å². The molecule has 0 N–H and O–H groups in total. The number of aldehydes is 1. The Balaban J connectivity index is 2.55. The van der Waals surface area contributed by atoms with E-state index in [1.165, 1.54) is 11.3 Å². The Morgan fingerprint density at radius 2 is 1.94 bits per heavy atom. The van der Waals surface area contributed by atoms with E-state index in [4.69, 9.17) is 23.2 Å². The van der Waals surface area contributed by atoms with Crippen LogP contribution in [-0.4, -0.2) is 6.29 Å². The summed E-state index contributed by atoms with van der Waals surface area (Å²) in [4.78, 5) is 12.2. The number of hydrogen-bond acceptors (Lipinski definition) is 2. The molecule has 0 fully saturated rings. The fraction of sp³-hybridized carbons (Fsp3) is 0.0833. The second-order valence-corrected chi connectivity index (χ2v) is 5.33. The molecule has 1 aromatic heterocycles. The summed E-state index contributed by atoms with van der Waals surface area (Å²) < 4.78 is 0. The molecule has 0 spiro atoms. The maximum atomic E-state index is 10.6. The van der Waals surface area contributed by atoms with Gasteiger partial charge in [-0.1, -0.05) is 23.2 Å². The summed E-state index contributed by atoms with van der Waals surface area (Å²) in [7, 11) is 0. The summed E-state index contributed by atoms with van der Waals surface area (Å²) in [5.41, 5.74) is 1.82. The Labute approximate surface area is 108 Å². The summed E-state index contributed by atoms with van der Waals surface area (Å²) in [5, 5.41) is 1.33. The Kier molecular flexibility index (Phi) is 3.33. The second-order valence-electron chi connectivity index (χ2n) is 3.40. The van der Waals surface area contributed by atoms with Gasteiger partial charge in [0.05, 0.1) is 4.88 Å². The summed E-state index contributed by atoms with van der Waals surface area (Å²) in [6, 6.07) is 7.32. The van der Waals surface area contributed by atoms with Crippen LogP contribution in [-0.2, 0) is 0 Å². The van der Waals surface area contributed by atoms with Crippen LogP contribution in [0, 0.1) is 6.92 Å². The van der Waals surface area contributed by atoms with Crippen molar-refractivity contribution < 1.29 is 4.79 Å². The lowest BCUT2D eigenvalue weighted by molar-refractivity contribution is 0.112. The Hall–Kier alpha value is -0.830. The molecule has 4 heteroatoms. The smallest absolute Gasteiger partial charge is 0.160 e. The van der Waals surface area contributed by atoms with E-state index in [1.54, 1.807) is 6.07 Å². The minimum absolute atomic E-state index is 0.654. The Morgan fingerprint density at radius 1 is 1.19 bits per heavy atom. The van der Waals surface area contributed by atoms with Crippen LogP contribution < -0.4 is 0 Å². The van der Waals surface area contributed by atoms with Crippen LogP contribution in [0.4, 0.5) is 0 Å². The number of rotatable bonds is 2. The first-order chi connectivity index (χ1) is 7.61. The maximum Gasteiger partial charge on any atom is 0.160 e. The monoisotopic (exact) mass is 270 g/mol. The maximum absolute atomic E-state index is 10.6. The van der Waals surface area contributed by atoms with Crippen LogP contribution in [0.15, 0.2) is 24.3 Å². The first kappa shape index (κ1) is 11.6. The highest BCUT2D eigenvalue weighted by molar-refractivity contribution is 7.17. The zero-order valence-corrected chi connectivity index (χ0v) is 10.8. The predicted molar refractivity (Wildman–Crippen MR) is 69.9 cm³/mol. The molecule has 0 saturated heterocycles. The first-order valence-corrected chi connectivity index (χ1v) is 6.20. The molecular weight excluding hydrogens is 263 g/mol. The summed E-state index contributed by atoms with van der Waals surface area (Å²) >= 11 is 13.6. The average molecular weight is 271 g/mol. The van der Waals surface area contributed by atoms with Gasteiger partial charge in [0.15, 0.2) is 6.29 Å². The van der Waals surface area contributed by atoms with Crippen LogP contribution >= 0.6 is 34.5 Å². The van der Waals surface area contributed by atoms with Crippen molar-refractivity contribution in [2.45, 2.75) is 6.92 Å². The highest BCUT2D eigenvalue weighted by atomic mass is 35.5. The Morgan fingerprint density at radius 3 is 2.56 bits per heavy atom. The molecule has 1 aromatic carbocycles. The van der Waals surface area contributed by atoms with Gasteiger partial charge in [0, 0.05) is 20.5 Å². The highest BCUT2D eigenvalue weighted by Crippen LogP contribution is 2.36. The van der Waals surface area contributed by atoms with Gasteiger partial charge in [-0.15, -0.1) is 11.3 Å². The molecule has 2 rings (SSSR count). The summed E-state index contributed by atoms with van der Waals surface area (Å²) in [5.74, 6) is 0. The van der Waals surface area contributed by atoms with Crippen molar-refractivity contribution in [1.29, 1.82) is 0 Å². The van der Waals surface area contributed by atoms with Crippen molar-refractivity contribution >= 4 is 40.8 Å². The van der Waals surface area contributed by atoms with E-state index >= 15 is 0 Å². The largest absolute Gasteiger partial charge is 0.297 e. The van der Waals surface area contributed by atoms with Gasteiger partial charge in [-0.2, -0.15) is 0 Å². The van der Waals surface area contributed by atoms with Crippen molar-refractivity contribution in [3.8, 4) is 10.4 Å². The first-order valence-electron chi connectivity index (χ1n) is 4.63.